The highest BCUT2D eigenvalue weighted by Crippen LogP contribution is 2.09. The van der Waals surface area contributed by atoms with Crippen molar-refractivity contribution in [3.05, 3.63) is 23.9 Å². The molecular weight excluding hydrogens is 166 g/mol. The minimum absolute atomic E-state index is 0.162. The Morgan fingerprint density at radius 1 is 1.54 bits per heavy atom. The van der Waals surface area contributed by atoms with Crippen LogP contribution in [-0.4, -0.2) is 15.9 Å². The molecule has 13 heavy (non-hydrogen) atoms. The van der Waals surface area contributed by atoms with E-state index < -0.39 is 0 Å². The maximum atomic E-state index is 8.75. The minimum atomic E-state index is 0.162. The van der Waals surface area contributed by atoms with E-state index in [1.165, 1.54) is 0 Å². The number of pyridine rings is 1. The SMILES string of the molecule is CC(C)/C(=N\O)c1ccc(N)nc1. The van der Waals surface area contributed by atoms with Gasteiger partial charge < -0.3 is 10.9 Å². The Labute approximate surface area is 77.1 Å². The van der Waals surface area contributed by atoms with Crippen LogP contribution in [-0.2, 0) is 0 Å². The van der Waals surface area contributed by atoms with Crippen LogP contribution in [0.15, 0.2) is 23.5 Å². The average molecular weight is 179 g/mol. The molecule has 4 heteroatoms. The van der Waals surface area contributed by atoms with Crippen molar-refractivity contribution in [2.75, 3.05) is 5.73 Å². The lowest BCUT2D eigenvalue weighted by Crippen LogP contribution is -2.09. The second kappa shape index (κ2) is 3.89. The maximum Gasteiger partial charge on any atom is 0.123 e. The van der Waals surface area contributed by atoms with Crippen molar-refractivity contribution in [1.82, 2.24) is 4.98 Å². The van der Waals surface area contributed by atoms with Crippen LogP contribution in [0, 0.1) is 5.92 Å². The Morgan fingerprint density at radius 2 is 2.23 bits per heavy atom. The topological polar surface area (TPSA) is 71.5 Å². The summed E-state index contributed by atoms with van der Waals surface area (Å²) in [5.74, 6) is 0.625. The van der Waals surface area contributed by atoms with Crippen LogP contribution in [0.25, 0.3) is 0 Å². The van der Waals surface area contributed by atoms with E-state index in [4.69, 9.17) is 10.9 Å². The first-order valence-electron chi connectivity index (χ1n) is 4.09. The smallest absolute Gasteiger partial charge is 0.123 e. The normalized spacial score (nSPS) is 12.1. The summed E-state index contributed by atoms with van der Waals surface area (Å²) in [6.45, 7) is 3.90. The Kier molecular flexibility index (Phi) is 2.84. The third kappa shape index (κ3) is 2.18. The van der Waals surface area contributed by atoms with E-state index in [0.717, 1.165) is 5.56 Å². The lowest BCUT2D eigenvalue weighted by molar-refractivity contribution is 0.316. The summed E-state index contributed by atoms with van der Waals surface area (Å²) in [7, 11) is 0. The van der Waals surface area contributed by atoms with Crippen LogP contribution in [0.2, 0.25) is 0 Å². The summed E-state index contributed by atoms with van der Waals surface area (Å²) in [6.07, 6.45) is 1.60. The lowest BCUT2D eigenvalue weighted by Gasteiger charge is -2.06. The van der Waals surface area contributed by atoms with E-state index >= 15 is 0 Å². The van der Waals surface area contributed by atoms with Crippen molar-refractivity contribution in [2.45, 2.75) is 13.8 Å². The van der Waals surface area contributed by atoms with Crippen molar-refractivity contribution in [2.24, 2.45) is 11.1 Å². The van der Waals surface area contributed by atoms with Gasteiger partial charge in [0, 0.05) is 11.8 Å². The number of rotatable bonds is 2. The molecule has 0 radical (unpaired) electrons. The van der Waals surface area contributed by atoms with Gasteiger partial charge >= 0.3 is 0 Å². The summed E-state index contributed by atoms with van der Waals surface area (Å²) < 4.78 is 0. The number of nitrogens with zero attached hydrogens (tertiary/aromatic N) is 2. The Morgan fingerprint density at radius 3 is 2.62 bits per heavy atom. The van der Waals surface area contributed by atoms with Gasteiger partial charge in [-0.25, -0.2) is 4.98 Å². The number of hydrogen-bond donors (Lipinski definition) is 2. The molecule has 0 fully saturated rings. The van der Waals surface area contributed by atoms with Gasteiger partial charge in [0.05, 0.1) is 5.71 Å². The summed E-state index contributed by atoms with van der Waals surface area (Å²) in [4.78, 5) is 3.92. The standard InChI is InChI=1S/C9H13N3O/c1-6(2)9(12-13)7-3-4-8(10)11-5-7/h3-6,13H,1-2H3,(H2,10,11)/b12-9+. The van der Waals surface area contributed by atoms with E-state index in [0.29, 0.717) is 11.5 Å². The van der Waals surface area contributed by atoms with Gasteiger partial charge in [0.25, 0.3) is 0 Å². The van der Waals surface area contributed by atoms with E-state index in [9.17, 15) is 0 Å². The van der Waals surface area contributed by atoms with E-state index in [1.54, 1.807) is 18.3 Å². The molecule has 0 aliphatic heterocycles. The van der Waals surface area contributed by atoms with Gasteiger partial charge in [-0.05, 0) is 18.1 Å². The molecule has 0 aromatic carbocycles. The van der Waals surface area contributed by atoms with Gasteiger partial charge in [-0.1, -0.05) is 19.0 Å². The molecule has 0 aliphatic rings. The van der Waals surface area contributed by atoms with Crippen molar-refractivity contribution in [3.63, 3.8) is 0 Å². The number of hydrogen-bond acceptors (Lipinski definition) is 4. The summed E-state index contributed by atoms with van der Waals surface area (Å²) >= 11 is 0. The van der Waals surface area contributed by atoms with Crippen molar-refractivity contribution >= 4 is 11.5 Å². The zero-order chi connectivity index (χ0) is 9.84. The van der Waals surface area contributed by atoms with Crippen molar-refractivity contribution < 1.29 is 5.21 Å². The first-order chi connectivity index (χ1) is 6.15. The number of nitrogens with two attached hydrogens (primary N) is 1. The molecule has 0 atom stereocenters. The Bertz CT molecular complexity index is 303. The fourth-order valence-corrected chi connectivity index (χ4v) is 1.06. The molecule has 0 amide bonds. The molecule has 3 N–H and O–H groups in total. The van der Waals surface area contributed by atoms with Crippen LogP contribution in [0.1, 0.15) is 19.4 Å². The second-order valence-electron chi connectivity index (χ2n) is 3.11. The molecule has 70 valence electrons. The van der Waals surface area contributed by atoms with E-state index in [2.05, 4.69) is 10.1 Å². The molecular formula is C9H13N3O. The number of oxime groups is 1. The van der Waals surface area contributed by atoms with Crippen LogP contribution in [0.5, 0.6) is 0 Å². The highest BCUT2D eigenvalue weighted by molar-refractivity contribution is 6.01. The maximum absolute atomic E-state index is 8.75. The van der Waals surface area contributed by atoms with Gasteiger partial charge in [0.15, 0.2) is 0 Å². The second-order valence-corrected chi connectivity index (χ2v) is 3.11. The summed E-state index contributed by atoms with van der Waals surface area (Å²) in [5.41, 5.74) is 6.85. The van der Waals surface area contributed by atoms with Gasteiger partial charge in [0.1, 0.15) is 5.82 Å². The molecule has 1 aromatic heterocycles. The van der Waals surface area contributed by atoms with Crippen LogP contribution in [0.3, 0.4) is 0 Å². The molecule has 0 saturated carbocycles. The summed E-state index contributed by atoms with van der Waals surface area (Å²) in [6, 6.07) is 3.47. The average Bonchev–Trinajstić information content (AvgIpc) is 2.09. The van der Waals surface area contributed by atoms with Gasteiger partial charge in [0.2, 0.25) is 0 Å². The fraction of sp³-hybridized carbons (Fsp3) is 0.333. The zero-order valence-corrected chi connectivity index (χ0v) is 7.73. The van der Waals surface area contributed by atoms with E-state index in [-0.39, 0.29) is 5.92 Å². The molecule has 4 nitrogen and oxygen atoms in total. The predicted molar refractivity (Wildman–Crippen MR) is 51.8 cm³/mol. The molecule has 1 rings (SSSR count). The fourth-order valence-electron chi connectivity index (χ4n) is 1.06. The summed E-state index contributed by atoms with van der Waals surface area (Å²) in [5, 5.41) is 12.0. The zero-order valence-electron chi connectivity index (χ0n) is 7.73. The van der Waals surface area contributed by atoms with Crippen LogP contribution < -0.4 is 5.73 Å². The quantitative estimate of drug-likeness (QED) is 0.410. The third-order valence-electron chi connectivity index (χ3n) is 1.74. The lowest BCUT2D eigenvalue weighted by atomic mass is 10.0. The minimum Gasteiger partial charge on any atom is -0.411 e. The van der Waals surface area contributed by atoms with Crippen molar-refractivity contribution in [3.8, 4) is 0 Å². The van der Waals surface area contributed by atoms with Gasteiger partial charge in [-0.15, -0.1) is 0 Å². The largest absolute Gasteiger partial charge is 0.411 e. The molecule has 0 unspecified atom stereocenters. The van der Waals surface area contributed by atoms with Gasteiger partial charge in [-0.2, -0.15) is 0 Å². The number of nitrogen functional groups attached to an aromatic ring is 1. The Hall–Kier alpha value is -1.58. The first kappa shape index (κ1) is 9.51. The van der Waals surface area contributed by atoms with E-state index in [1.807, 2.05) is 13.8 Å². The molecule has 0 spiro atoms. The predicted octanol–water partition coefficient (Wildman–Crippen LogP) is 1.50. The van der Waals surface area contributed by atoms with Crippen LogP contribution in [0.4, 0.5) is 5.82 Å². The molecule has 1 heterocycles. The highest BCUT2D eigenvalue weighted by atomic mass is 16.4. The highest BCUT2D eigenvalue weighted by Gasteiger charge is 2.08. The van der Waals surface area contributed by atoms with Crippen molar-refractivity contribution in [1.29, 1.82) is 0 Å². The Balaban J connectivity index is 3.00. The number of anilines is 1. The molecule has 0 bridgehead atoms. The molecule has 1 aromatic rings. The van der Waals surface area contributed by atoms with Gasteiger partial charge in [-0.3, -0.25) is 0 Å². The monoisotopic (exact) mass is 179 g/mol. The molecule has 0 aliphatic carbocycles. The number of aromatic nitrogens is 1. The van der Waals surface area contributed by atoms with Crippen LogP contribution >= 0.6 is 0 Å². The molecule has 0 saturated heterocycles. The first-order valence-corrected chi connectivity index (χ1v) is 4.09. The third-order valence-corrected chi connectivity index (χ3v) is 1.74.